The van der Waals surface area contributed by atoms with E-state index in [0.717, 1.165) is 0 Å². The van der Waals surface area contributed by atoms with Gasteiger partial charge in [-0.25, -0.2) is 9.59 Å². The highest BCUT2D eigenvalue weighted by Crippen LogP contribution is 2.13. The van der Waals surface area contributed by atoms with Gasteiger partial charge in [0.25, 0.3) is 0 Å². The molecule has 1 aromatic rings. The molecule has 0 fully saturated rings. The zero-order valence-electron chi connectivity index (χ0n) is 12.1. The number of aliphatic carboxylic acids is 1. The summed E-state index contributed by atoms with van der Waals surface area (Å²) in [4.78, 5) is 33.6. The quantitative estimate of drug-likeness (QED) is 0.664. The highest BCUT2D eigenvalue weighted by molar-refractivity contribution is 5.93. The van der Waals surface area contributed by atoms with E-state index in [2.05, 4.69) is 16.0 Å². The first kappa shape index (κ1) is 16.5. The molecule has 0 aliphatic rings. The fourth-order valence-electron chi connectivity index (χ4n) is 1.66. The van der Waals surface area contributed by atoms with Gasteiger partial charge in [-0.15, -0.1) is 0 Å². The zero-order valence-corrected chi connectivity index (χ0v) is 12.1. The highest BCUT2D eigenvalue weighted by Gasteiger charge is 2.23. The fraction of sp³-hybridized carbons (Fsp3) is 0.357. The van der Waals surface area contributed by atoms with Crippen molar-refractivity contribution >= 4 is 29.3 Å². The summed E-state index contributed by atoms with van der Waals surface area (Å²) in [6, 6.07) is 4.93. The topological polar surface area (TPSA) is 108 Å². The van der Waals surface area contributed by atoms with Gasteiger partial charge in [-0.1, -0.05) is 13.8 Å². The predicted octanol–water partition coefficient (Wildman–Crippen LogP) is 1.88. The molecule has 0 aliphatic carbocycles. The standard InChI is InChI=1S/C14H19N3O4/c1-8(2)12(13(19)20)17-14(21)16-11-6-4-10(5-7-11)15-9(3)18/h4-8,12H,1-3H3,(H,15,18)(H,19,20)(H2,16,17,21)/t12-/m1/s1. The second-order valence-corrected chi connectivity index (χ2v) is 4.92. The van der Waals surface area contributed by atoms with Crippen molar-refractivity contribution in [2.24, 2.45) is 5.92 Å². The van der Waals surface area contributed by atoms with Crippen LogP contribution in [-0.2, 0) is 9.59 Å². The molecule has 0 heterocycles. The molecule has 1 atom stereocenters. The Hall–Kier alpha value is -2.57. The van der Waals surface area contributed by atoms with Crippen molar-refractivity contribution < 1.29 is 19.5 Å². The Kier molecular flexibility index (Phi) is 5.71. The first-order valence-electron chi connectivity index (χ1n) is 6.47. The Bertz CT molecular complexity index is 526. The van der Waals surface area contributed by atoms with Crippen LogP contribution in [0.1, 0.15) is 20.8 Å². The van der Waals surface area contributed by atoms with Crippen LogP contribution < -0.4 is 16.0 Å². The monoisotopic (exact) mass is 293 g/mol. The summed E-state index contributed by atoms with van der Waals surface area (Å²) in [7, 11) is 0. The maximum absolute atomic E-state index is 11.7. The number of carbonyl (C=O) groups excluding carboxylic acids is 2. The van der Waals surface area contributed by atoms with Crippen LogP contribution in [0.2, 0.25) is 0 Å². The second-order valence-electron chi connectivity index (χ2n) is 4.92. The summed E-state index contributed by atoms with van der Waals surface area (Å²) in [5.41, 5.74) is 1.11. The SMILES string of the molecule is CC(=O)Nc1ccc(NC(=O)N[C@@H](C(=O)O)C(C)C)cc1. The average Bonchev–Trinajstić information content (AvgIpc) is 2.37. The van der Waals surface area contributed by atoms with Crippen LogP contribution in [0.25, 0.3) is 0 Å². The maximum Gasteiger partial charge on any atom is 0.326 e. The van der Waals surface area contributed by atoms with E-state index >= 15 is 0 Å². The van der Waals surface area contributed by atoms with Crippen LogP contribution in [0.15, 0.2) is 24.3 Å². The van der Waals surface area contributed by atoms with Crippen molar-refractivity contribution in [1.29, 1.82) is 0 Å². The number of hydrogen-bond acceptors (Lipinski definition) is 3. The molecule has 3 amide bonds. The van der Waals surface area contributed by atoms with E-state index in [9.17, 15) is 14.4 Å². The summed E-state index contributed by atoms with van der Waals surface area (Å²) in [5, 5.41) is 16.5. The minimum absolute atomic E-state index is 0.185. The van der Waals surface area contributed by atoms with Crippen molar-refractivity contribution in [3.8, 4) is 0 Å². The molecule has 0 bridgehead atoms. The van der Waals surface area contributed by atoms with Crippen molar-refractivity contribution in [2.75, 3.05) is 10.6 Å². The average molecular weight is 293 g/mol. The van der Waals surface area contributed by atoms with Crippen LogP contribution in [-0.4, -0.2) is 29.1 Å². The molecule has 114 valence electrons. The fourth-order valence-corrected chi connectivity index (χ4v) is 1.66. The number of anilines is 2. The van der Waals surface area contributed by atoms with Gasteiger partial charge in [0, 0.05) is 18.3 Å². The number of rotatable bonds is 5. The molecule has 7 nitrogen and oxygen atoms in total. The van der Waals surface area contributed by atoms with E-state index in [4.69, 9.17) is 5.11 Å². The summed E-state index contributed by atoms with van der Waals surface area (Å²) in [6.07, 6.45) is 0. The van der Waals surface area contributed by atoms with Gasteiger partial charge in [-0.3, -0.25) is 4.79 Å². The lowest BCUT2D eigenvalue weighted by Gasteiger charge is -2.18. The number of carboxylic acids is 1. The van der Waals surface area contributed by atoms with Gasteiger partial charge in [0.05, 0.1) is 0 Å². The first-order chi connectivity index (χ1) is 9.79. The molecule has 0 aromatic heterocycles. The van der Waals surface area contributed by atoms with E-state index in [-0.39, 0.29) is 11.8 Å². The molecule has 4 N–H and O–H groups in total. The minimum atomic E-state index is -1.08. The van der Waals surface area contributed by atoms with Gasteiger partial charge in [0.1, 0.15) is 6.04 Å². The van der Waals surface area contributed by atoms with E-state index in [1.165, 1.54) is 6.92 Å². The lowest BCUT2D eigenvalue weighted by molar-refractivity contribution is -0.140. The number of benzene rings is 1. The van der Waals surface area contributed by atoms with Crippen LogP contribution in [0.5, 0.6) is 0 Å². The van der Waals surface area contributed by atoms with Crippen molar-refractivity contribution in [2.45, 2.75) is 26.8 Å². The minimum Gasteiger partial charge on any atom is -0.480 e. The third-order valence-corrected chi connectivity index (χ3v) is 2.68. The molecule has 0 saturated heterocycles. The number of urea groups is 1. The van der Waals surface area contributed by atoms with Gasteiger partial charge >= 0.3 is 12.0 Å². The maximum atomic E-state index is 11.7. The Balaban J connectivity index is 2.62. The number of hydrogen-bond donors (Lipinski definition) is 4. The summed E-state index contributed by atoms with van der Waals surface area (Å²) >= 11 is 0. The van der Waals surface area contributed by atoms with Gasteiger partial charge in [0.2, 0.25) is 5.91 Å². The number of amides is 3. The highest BCUT2D eigenvalue weighted by atomic mass is 16.4. The van der Waals surface area contributed by atoms with Gasteiger partial charge in [-0.2, -0.15) is 0 Å². The molecule has 21 heavy (non-hydrogen) atoms. The number of nitrogens with one attached hydrogen (secondary N) is 3. The Morgan fingerprint density at radius 2 is 1.48 bits per heavy atom. The second kappa shape index (κ2) is 7.28. The Morgan fingerprint density at radius 1 is 1.00 bits per heavy atom. The molecule has 0 aliphatic heterocycles. The zero-order chi connectivity index (χ0) is 16.0. The van der Waals surface area contributed by atoms with Crippen molar-refractivity contribution in [3.63, 3.8) is 0 Å². The number of carboxylic acid groups (broad SMARTS) is 1. The number of carbonyl (C=O) groups is 3. The van der Waals surface area contributed by atoms with Gasteiger partial charge < -0.3 is 21.1 Å². The van der Waals surface area contributed by atoms with Crippen molar-refractivity contribution in [1.82, 2.24) is 5.32 Å². The molecule has 0 radical (unpaired) electrons. The van der Waals surface area contributed by atoms with Crippen LogP contribution in [0.4, 0.5) is 16.2 Å². The van der Waals surface area contributed by atoms with Crippen molar-refractivity contribution in [3.05, 3.63) is 24.3 Å². The molecule has 1 aromatic carbocycles. The van der Waals surface area contributed by atoms with E-state index in [1.54, 1.807) is 38.1 Å². The third-order valence-electron chi connectivity index (χ3n) is 2.68. The van der Waals surface area contributed by atoms with E-state index < -0.39 is 18.0 Å². The third kappa shape index (κ3) is 5.52. The molecule has 0 saturated carbocycles. The molecule has 0 unspecified atom stereocenters. The van der Waals surface area contributed by atoms with E-state index in [1.807, 2.05) is 0 Å². The predicted molar refractivity (Wildman–Crippen MR) is 79.2 cm³/mol. The largest absolute Gasteiger partial charge is 0.480 e. The lowest BCUT2D eigenvalue weighted by Crippen LogP contribution is -2.46. The lowest BCUT2D eigenvalue weighted by atomic mass is 10.1. The van der Waals surface area contributed by atoms with Crippen LogP contribution in [0, 0.1) is 5.92 Å². The first-order valence-corrected chi connectivity index (χ1v) is 6.47. The summed E-state index contributed by atoms with van der Waals surface area (Å²) in [5.74, 6) is -1.49. The van der Waals surface area contributed by atoms with Gasteiger partial charge in [0.15, 0.2) is 0 Å². The summed E-state index contributed by atoms with van der Waals surface area (Å²) < 4.78 is 0. The van der Waals surface area contributed by atoms with Crippen LogP contribution >= 0.6 is 0 Å². The van der Waals surface area contributed by atoms with E-state index in [0.29, 0.717) is 11.4 Å². The smallest absolute Gasteiger partial charge is 0.326 e. The summed E-state index contributed by atoms with van der Waals surface area (Å²) in [6.45, 7) is 4.82. The molecular formula is C14H19N3O4. The molecule has 1 rings (SSSR count). The molecule has 7 heteroatoms. The Morgan fingerprint density at radius 3 is 1.86 bits per heavy atom. The van der Waals surface area contributed by atoms with Crippen LogP contribution in [0.3, 0.4) is 0 Å². The van der Waals surface area contributed by atoms with Gasteiger partial charge in [-0.05, 0) is 30.2 Å². The molecular weight excluding hydrogens is 274 g/mol. The molecule has 0 spiro atoms. The Labute approximate surface area is 122 Å². The normalized spacial score (nSPS) is 11.6.